The molecule has 2 N–H and O–H groups in total. The lowest BCUT2D eigenvalue weighted by Crippen LogP contribution is -2.43. The normalized spacial score (nSPS) is 15.4. The smallest absolute Gasteiger partial charge is 0.311 e. The number of halogens is 2. The number of aryl methyl sites for hydroxylation is 1. The second-order valence-corrected chi connectivity index (χ2v) is 7.96. The number of rotatable bonds is 7. The molecule has 1 fully saturated rings. The summed E-state index contributed by atoms with van der Waals surface area (Å²) in [6.45, 7) is 1.43. The zero-order valence-electron chi connectivity index (χ0n) is 17.2. The molecule has 3 amide bonds. The summed E-state index contributed by atoms with van der Waals surface area (Å²) in [7, 11) is 0. The first-order valence-electron chi connectivity index (χ1n) is 9.89. The van der Waals surface area contributed by atoms with E-state index in [1.807, 2.05) is 19.1 Å². The molecule has 0 bridgehead atoms. The predicted octanol–water partition coefficient (Wildman–Crippen LogP) is 3.23. The van der Waals surface area contributed by atoms with Crippen molar-refractivity contribution in [3.05, 3.63) is 63.6 Å². The Hall–Kier alpha value is -3.10. The lowest BCUT2D eigenvalue weighted by atomic mass is 10.1. The minimum absolute atomic E-state index is 0.0645. The van der Waals surface area contributed by atoms with E-state index in [2.05, 4.69) is 10.7 Å². The second-order valence-electron chi connectivity index (χ2n) is 7.14. The third kappa shape index (κ3) is 5.77. The lowest BCUT2D eigenvalue weighted by molar-refractivity contribution is -0.151. The first-order valence-corrected chi connectivity index (χ1v) is 10.6. The van der Waals surface area contributed by atoms with E-state index in [0.717, 1.165) is 17.0 Å². The summed E-state index contributed by atoms with van der Waals surface area (Å²) < 4.78 is 5.07. The highest BCUT2D eigenvalue weighted by Crippen LogP contribution is 2.23. The number of carbonyl (C=O) groups is 4. The molecule has 1 heterocycles. The quantitative estimate of drug-likeness (QED) is 0.595. The van der Waals surface area contributed by atoms with Crippen LogP contribution in [0.4, 0.5) is 5.69 Å². The van der Waals surface area contributed by atoms with Gasteiger partial charge in [0.15, 0.2) is 6.61 Å². The van der Waals surface area contributed by atoms with Crippen LogP contribution >= 0.6 is 23.2 Å². The number of ether oxygens (including phenoxy) is 1. The van der Waals surface area contributed by atoms with Gasteiger partial charge < -0.3 is 10.1 Å². The molecule has 0 unspecified atom stereocenters. The molecule has 1 saturated heterocycles. The van der Waals surface area contributed by atoms with Gasteiger partial charge in [-0.15, -0.1) is 0 Å². The molecular formula is C22H21Cl2N3O5. The topological polar surface area (TPSA) is 105 Å². The zero-order valence-corrected chi connectivity index (χ0v) is 18.7. The van der Waals surface area contributed by atoms with Crippen molar-refractivity contribution in [3.63, 3.8) is 0 Å². The number of carbonyl (C=O) groups excluding carboxylic acids is 4. The van der Waals surface area contributed by atoms with Crippen LogP contribution in [0.5, 0.6) is 0 Å². The Bertz CT molecular complexity index is 1060. The number of benzene rings is 2. The minimum atomic E-state index is -0.799. The lowest BCUT2D eigenvalue weighted by Gasteiger charge is -2.17. The molecule has 0 saturated carbocycles. The van der Waals surface area contributed by atoms with Gasteiger partial charge >= 0.3 is 5.97 Å². The number of esters is 1. The molecular weight excluding hydrogens is 457 g/mol. The van der Waals surface area contributed by atoms with Gasteiger partial charge in [0.25, 0.3) is 11.8 Å². The molecule has 3 rings (SSSR count). The highest BCUT2D eigenvalue weighted by Gasteiger charge is 2.36. The molecule has 32 heavy (non-hydrogen) atoms. The maximum atomic E-state index is 12.4. The van der Waals surface area contributed by atoms with Crippen molar-refractivity contribution in [1.29, 1.82) is 0 Å². The van der Waals surface area contributed by atoms with Gasteiger partial charge in [0.05, 0.1) is 22.5 Å². The maximum Gasteiger partial charge on any atom is 0.311 e. The Labute approximate surface area is 194 Å². The van der Waals surface area contributed by atoms with Crippen LogP contribution in [0.1, 0.15) is 29.3 Å². The molecule has 0 radical (unpaired) electrons. The van der Waals surface area contributed by atoms with Gasteiger partial charge in [0.1, 0.15) is 0 Å². The van der Waals surface area contributed by atoms with Gasteiger partial charge in [-0.2, -0.15) is 0 Å². The molecule has 2 aromatic rings. The Kier molecular flexibility index (Phi) is 7.71. The van der Waals surface area contributed by atoms with Gasteiger partial charge in [-0.1, -0.05) is 48.3 Å². The SMILES string of the molecule is CCc1ccccc1NC(=O)COC(=O)[C@H]1CC(=O)N(NC(=O)c2ccc(Cl)c(Cl)c2)C1. The largest absolute Gasteiger partial charge is 0.455 e. The van der Waals surface area contributed by atoms with Crippen LogP contribution in [0.2, 0.25) is 10.0 Å². The van der Waals surface area contributed by atoms with E-state index in [-0.39, 0.29) is 23.6 Å². The van der Waals surface area contributed by atoms with Gasteiger partial charge in [-0.05, 0) is 36.2 Å². The summed E-state index contributed by atoms with van der Waals surface area (Å²) in [5, 5.41) is 4.26. The zero-order chi connectivity index (χ0) is 23.3. The molecule has 8 nitrogen and oxygen atoms in total. The van der Waals surface area contributed by atoms with Crippen LogP contribution in [-0.4, -0.2) is 41.9 Å². The fraction of sp³-hybridized carbons (Fsp3) is 0.273. The van der Waals surface area contributed by atoms with Crippen LogP contribution in [0.3, 0.4) is 0 Å². The van der Waals surface area contributed by atoms with Crippen molar-refractivity contribution in [2.75, 3.05) is 18.5 Å². The van der Waals surface area contributed by atoms with E-state index in [9.17, 15) is 19.2 Å². The van der Waals surface area contributed by atoms with Crippen LogP contribution in [0, 0.1) is 5.92 Å². The Balaban J connectivity index is 1.50. The summed E-state index contributed by atoms with van der Waals surface area (Å²) >= 11 is 11.7. The number of hydrogen-bond acceptors (Lipinski definition) is 5. The summed E-state index contributed by atoms with van der Waals surface area (Å²) in [6.07, 6.45) is 0.602. The fourth-order valence-corrected chi connectivity index (χ4v) is 3.49. The van der Waals surface area contributed by atoms with Crippen LogP contribution in [0.25, 0.3) is 0 Å². The van der Waals surface area contributed by atoms with E-state index in [1.165, 1.54) is 18.2 Å². The fourth-order valence-electron chi connectivity index (χ4n) is 3.19. The van der Waals surface area contributed by atoms with Crippen LogP contribution in [-0.2, 0) is 25.5 Å². The highest BCUT2D eigenvalue weighted by molar-refractivity contribution is 6.42. The average molecular weight is 478 g/mol. The number of hydrazine groups is 1. The third-order valence-electron chi connectivity index (χ3n) is 4.89. The number of amides is 3. The first kappa shape index (κ1) is 23.6. The van der Waals surface area contributed by atoms with Gasteiger partial charge in [-0.3, -0.25) is 29.6 Å². The Morgan fingerprint density at radius 1 is 1.12 bits per heavy atom. The molecule has 1 aliphatic heterocycles. The molecule has 0 aromatic heterocycles. The van der Waals surface area contributed by atoms with Gasteiger partial charge in [0, 0.05) is 17.7 Å². The molecule has 1 atom stereocenters. The van der Waals surface area contributed by atoms with Crippen molar-refractivity contribution < 1.29 is 23.9 Å². The number of hydrogen-bond donors (Lipinski definition) is 2. The van der Waals surface area contributed by atoms with Crippen molar-refractivity contribution in [2.45, 2.75) is 19.8 Å². The summed E-state index contributed by atoms with van der Waals surface area (Å²) in [5.74, 6) is -2.98. The van der Waals surface area contributed by atoms with Crippen molar-refractivity contribution >= 4 is 52.6 Å². The van der Waals surface area contributed by atoms with Gasteiger partial charge in [0.2, 0.25) is 5.91 Å². The predicted molar refractivity (Wildman–Crippen MR) is 119 cm³/mol. The standard InChI is InChI=1S/C22H21Cl2N3O5/c1-2-13-5-3-4-6-18(13)25-19(28)12-32-22(31)15-10-20(29)27(11-15)26-21(30)14-7-8-16(23)17(24)9-14/h3-9,15H,2,10-12H2,1H3,(H,25,28)(H,26,30)/t15-/m0/s1. The number of anilines is 1. The van der Waals surface area contributed by atoms with Crippen LogP contribution in [0.15, 0.2) is 42.5 Å². The monoisotopic (exact) mass is 477 g/mol. The van der Waals surface area contributed by atoms with Crippen molar-refractivity contribution in [3.8, 4) is 0 Å². The van der Waals surface area contributed by atoms with E-state index >= 15 is 0 Å². The third-order valence-corrected chi connectivity index (χ3v) is 5.63. The molecule has 1 aliphatic rings. The second kappa shape index (κ2) is 10.5. The summed E-state index contributed by atoms with van der Waals surface area (Å²) in [4.78, 5) is 49.0. The maximum absolute atomic E-state index is 12.4. The Morgan fingerprint density at radius 3 is 2.59 bits per heavy atom. The number of nitrogens with zero attached hydrogens (tertiary/aromatic N) is 1. The van der Waals surface area contributed by atoms with Crippen molar-refractivity contribution in [1.82, 2.24) is 10.4 Å². The molecule has 0 aliphatic carbocycles. The van der Waals surface area contributed by atoms with Gasteiger partial charge in [-0.25, -0.2) is 0 Å². The average Bonchev–Trinajstić information content (AvgIpc) is 3.14. The number of para-hydroxylation sites is 1. The Morgan fingerprint density at radius 2 is 1.88 bits per heavy atom. The van der Waals surface area contributed by atoms with E-state index < -0.39 is 36.2 Å². The number of nitrogens with one attached hydrogen (secondary N) is 2. The molecule has 168 valence electrons. The van der Waals surface area contributed by atoms with E-state index in [4.69, 9.17) is 27.9 Å². The van der Waals surface area contributed by atoms with E-state index in [0.29, 0.717) is 10.7 Å². The van der Waals surface area contributed by atoms with E-state index in [1.54, 1.807) is 12.1 Å². The first-order chi connectivity index (χ1) is 15.3. The van der Waals surface area contributed by atoms with Crippen molar-refractivity contribution in [2.24, 2.45) is 5.92 Å². The molecule has 0 spiro atoms. The summed E-state index contributed by atoms with van der Waals surface area (Å²) in [5.41, 5.74) is 4.27. The molecule has 2 aromatic carbocycles. The van der Waals surface area contributed by atoms with Crippen LogP contribution < -0.4 is 10.7 Å². The minimum Gasteiger partial charge on any atom is -0.455 e. The highest BCUT2D eigenvalue weighted by atomic mass is 35.5. The summed E-state index contributed by atoms with van der Waals surface area (Å²) in [6, 6.07) is 11.6. The molecule has 10 heteroatoms.